The molecule has 0 radical (unpaired) electrons. The number of amides is 1. The zero-order chi connectivity index (χ0) is 14.3. The van der Waals surface area contributed by atoms with Gasteiger partial charge in [-0.05, 0) is 39.5 Å². The van der Waals surface area contributed by atoms with Crippen LogP contribution in [0.4, 0.5) is 0 Å². The van der Waals surface area contributed by atoms with Crippen molar-refractivity contribution >= 4 is 5.91 Å². The van der Waals surface area contributed by atoms with Gasteiger partial charge in [-0.3, -0.25) is 4.79 Å². The number of likely N-dealkylation sites (tertiary alicyclic amines) is 1. The van der Waals surface area contributed by atoms with Crippen molar-refractivity contribution in [2.45, 2.75) is 51.6 Å². The molecule has 1 aromatic rings. The highest BCUT2D eigenvalue weighted by atomic mass is 16.5. The third kappa shape index (κ3) is 2.46. The summed E-state index contributed by atoms with van der Waals surface area (Å²) in [5, 5.41) is 14.1. The highest BCUT2D eigenvalue weighted by Gasteiger charge is 2.49. The number of piperidine rings is 1. The summed E-state index contributed by atoms with van der Waals surface area (Å²) >= 11 is 0. The van der Waals surface area contributed by atoms with Crippen LogP contribution in [0.3, 0.4) is 0 Å². The minimum atomic E-state index is -0.484. The second-order valence-electron chi connectivity index (χ2n) is 6.26. The van der Waals surface area contributed by atoms with Gasteiger partial charge in [0.25, 0.3) is 0 Å². The SMILES string of the molecule is Cc1noc(C)c1CC(=O)N1CCCC(C2(O)CC2)C1. The first-order chi connectivity index (χ1) is 9.49. The van der Waals surface area contributed by atoms with E-state index in [2.05, 4.69) is 5.16 Å². The molecule has 20 heavy (non-hydrogen) atoms. The number of nitrogens with zero attached hydrogens (tertiary/aromatic N) is 2. The molecule has 110 valence electrons. The molecule has 1 saturated heterocycles. The van der Waals surface area contributed by atoms with Gasteiger partial charge in [-0.25, -0.2) is 0 Å². The van der Waals surface area contributed by atoms with E-state index < -0.39 is 5.60 Å². The van der Waals surface area contributed by atoms with Crippen LogP contribution in [0.25, 0.3) is 0 Å². The molecule has 3 rings (SSSR count). The van der Waals surface area contributed by atoms with Gasteiger partial charge in [0.2, 0.25) is 5.91 Å². The highest BCUT2D eigenvalue weighted by Crippen LogP contribution is 2.45. The second-order valence-corrected chi connectivity index (χ2v) is 6.26. The van der Waals surface area contributed by atoms with Crippen molar-refractivity contribution in [3.05, 3.63) is 17.0 Å². The second kappa shape index (κ2) is 4.88. The van der Waals surface area contributed by atoms with E-state index >= 15 is 0 Å². The standard InChI is InChI=1S/C15H22N2O3/c1-10-13(11(2)20-16-10)8-14(18)17-7-3-4-12(9-17)15(19)5-6-15/h12,19H,3-9H2,1-2H3. The first kappa shape index (κ1) is 13.6. The van der Waals surface area contributed by atoms with Gasteiger partial charge in [-0.1, -0.05) is 5.16 Å². The van der Waals surface area contributed by atoms with Gasteiger partial charge in [-0.15, -0.1) is 0 Å². The molecular formula is C15H22N2O3. The van der Waals surface area contributed by atoms with Crippen LogP contribution in [0.15, 0.2) is 4.52 Å². The number of aromatic nitrogens is 1. The highest BCUT2D eigenvalue weighted by molar-refractivity contribution is 5.79. The number of carbonyl (C=O) groups is 1. The van der Waals surface area contributed by atoms with Crippen LogP contribution in [0, 0.1) is 19.8 Å². The van der Waals surface area contributed by atoms with Crippen molar-refractivity contribution in [1.82, 2.24) is 10.1 Å². The topological polar surface area (TPSA) is 66.6 Å². The maximum absolute atomic E-state index is 12.4. The predicted octanol–water partition coefficient (Wildman–Crippen LogP) is 1.60. The Morgan fingerprint density at radius 3 is 2.85 bits per heavy atom. The van der Waals surface area contributed by atoms with Crippen LogP contribution in [-0.2, 0) is 11.2 Å². The molecule has 0 spiro atoms. The van der Waals surface area contributed by atoms with Crippen molar-refractivity contribution in [2.24, 2.45) is 5.92 Å². The van der Waals surface area contributed by atoms with Crippen LogP contribution in [-0.4, -0.2) is 39.8 Å². The zero-order valence-corrected chi connectivity index (χ0v) is 12.2. The zero-order valence-electron chi connectivity index (χ0n) is 12.2. The first-order valence-electron chi connectivity index (χ1n) is 7.41. The molecule has 2 fully saturated rings. The Labute approximate surface area is 118 Å². The Balaban J connectivity index is 1.65. The van der Waals surface area contributed by atoms with Crippen molar-refractivity contribution in [3.63, 3.8) is 0 Å². The fourth-order valence-corrected chi connectivity index (χ4v) is 3.20. The Bertz CT molecular complexity index is 500. The molecule has 2 heterocycles. The lowest BCUT2D eigenvalue weighted by Gasteiger charge is -2.35. The van der Waals surface area contributed by atoms with Gasteiger partial charge in [0.05, 0.1) is 17.7 Å². The van der Waals surface area contributed by atoms with Gasteiger partial charge in [0.15, 0.2) is 0 Å². The number of carbonyl (C=O) groups excluding carboxylic acids is 1. The van der Waals surface area contributed by atoms with Gasteiger partial charge in [-0.2, -0.15) is 0 Å². The van der Waals surface area contributed by atoms with E-state index in [0.29, 0.717) is 13.0 Å². The Morgan fingerprint density at radius 1 is 1.50 bits per heavy atom. The van der Waals surface area contributed by atoms with Crippen LogP contribution in [0.1, 0.15) is 42.7 Å². The Kier molecular flexibility index (Phi) is 3.32. The van der Waals surface area contributed by atoms with Gasteiger partial charge in [0.1, 0.15) is 5.76 Å². The number of aryl methyl sites for hydroxylation is 2. The monoisotopic (exact) mass is 278 g/mol. The minimum Gasteiger partial charge on any atom is -0.390 e. The molecule has 1 unspecified atom stereocenters. The number of hydrogen-bond donors (Lipinski definition) is 1. The van der Waals surface area contributed by atoms with E-state index in [1.54, 1.807) is 0 Å². The maximum atomic E-state index is 12.4. The van der Waals surface area contributed by atoms with Gasteiger partial charge < -0.3 is 14.5 Å². The third-order valence-electron chi connectivity index (χ3n) is 4.81. The molecule has 1 aliphatic heterocycles. The van der Waals surface area contributed by atoms with Gasteiger partial charge >= 0.3 is 0 Å². The van der Waals surface area contributed by atoms with Gasteiger partial charge in [0, 0.05) is 24.6 Å². The molecular weight excluding hydrogens is 256 g/mol. The fourth-order valence-electron chi connectivity index (χ4n) is 3.20. The minimum absolute atomic E-state index is 0.119. The van der Waals surface area contributed by atoms with Crippen LogP contribution >= 0.6 is 0 Å². The molecule has 2 aliphatic rings. The molecule has 1 amide bonds. The number of rotatable bonds is 3. The van der Waals surface area contributed by atoms with Crippen molar-refractivity contribution in [3.8, 4) is 0 Å². The molecule has 1 N–H and O–H groups in total. The summed E-state index contributed by atoms with van der Waals surface area (Å²) in [6.07, 6.45) is 4.16. The average Bonchev–Trinajstić information content (AvgIpc) is 3.13. The van der Waals surface area contributed by atoms with Crippen molar-refractivity contribution in [1.29, 1.82) is 0 Å². The van der Waals surface area contributed by atoms with E-state index in [-0.39, 0.29) is 11.8 Å². The van der Waals surface area contributed by atoms with E-state index in [0.717, 1.165) is 49.2 Å². The third-order valence-corrected chi connectivity index (χ3v) is 4.81. The largest absolute Gasteiger partial charge is 0.390 e. The lowest BCUT2D eigenvalue weighted by Crippen LogP contribution is -2.44. The summed E-state index contributed by atoms with van der Waals surface area (Å²) < 4.78 is 5.11. The molecule has 0 aromatic carbocycles. The molecule has 1 atom stereocenters. The lowest BCUT2D eigenvalue weighted by molar-refractivity contribution is -0.133. The molecule has 0 bridgehead atoms. The average molecular weight is 278 g/mol. The Morgan fingerprint density at radius 2 is 2.25 bits per heavy atom. The fraction of sp³-hybridized carbons (Fsp3) is 0.733. The Hall–Kier alpha value is -1.36. The first-order valence-corrected chi connectivity index (χ1v) is 7.41. The van der Waals surface area contributed by atoms with Crippen LogP contribution < -0.4 is 0 Å². The van der Waals surface area contributed by atoms with Crippen molar-refractivity contribution < 1.29 is 14.4 Å². The van der Waals surface area contributed by atoms with Crippen molar-refractivity contribution in [2.75, 3.05) is 13.1 Å². The van der Waals surface area contributed by atoms with Crippen LogP contribution in [0.2, 0.25) is 0 Å². The smallest absolute Gasteiger partial charge is 0.227 e. The molecule has 1 saturated carbocycles. The number of hydrogen-bond acceptors (Lipinski definition) is 4. The summed E-state index contributed by atoms with van der Waals surface area (Å²) in [6.45, 7) is 5.20. The van der Waals surface area contributed by atoms with E-state index in [1.165, 1.54) is 0 Å². The molecule has 1 aliphatic carbocycles. The summed E-state index contributed by atoms with van der Waals surface area (Å²) in [5.41, 5.74) is 1.22. The normalized spacial score (nSPS) is 24.8. The molecule has 5 nitrogen and oxygen atoms in total. The molecule has 1 aromatic heterocycles. The summed E-state index contributed by atoms with van der Waals surface area (Å²) in [6, 6.07) is 0. The molecule has 5 heteroatoms. The van der Waals surface area contributed by atoms with E-state index in [1.807, 2.05) is 18.7 Å². The predicted molar refractivity (Wildman–Crippen MR) is 73.2 cm³/mol. The van der Waals surface area contributed by atoms with Crippen LogP contribution in [0.5, 0.6) is 0 Å². The number of aliphatic hydroxyl groups is 1. The quantitative estimate of drug-likeness (QED) is 0.912. The van der Waals surface area contributed by atoms with E-state index in [9.17, 15) is 9.90 Å². The summed E-state index contributed by atoms with van der Waals surface area (Å²) in [4.78, 5) is 14.3. The summed E-state index contributed by atoms with van der Waals surface area (Å²) in [7, 11) is 0. The van der Waals surface area contributed by atoms with E-state index in [4.69, 9.17) is 4.52 Å². The lowest BCUT2D eigenvalue weighted by atomic mass is 9.90. The summed E-state index contributed by atoms with van der Waals surface area (Å²) in [5.74, 6) is 1.10. The maximum Gasteiger partial charge on any atom is 0.227 e.